The number of benzene rings is 3. The number of carbonyl (C=O) groups is 1. The number of anilines is 3. The predicted octanol–water partition coefficient (Wildman–Crippen LogP) is 7.16. The SMILES string of the molecule is COc1ccc(CN(C(=O)c2cnc(Nc3cccc(-c4cncnc4)c3)s2)c2c(C)cccc2Cl)cc1. The Morgan fingerprint density at radius 2 is 1.76 bits per heavy atom. The van der Waals surface area contributed by atoms with Crippen LogP contribution in [-0.4, -0.2) is 28.0 Å². The van der Waals surface area contributed by atoms with Crippen LogP contribution in [0.2, 0.25) is 5.02 Å². The Labute approximate surface area is 229 Å². The van der Waals surface area contributed by atoms with Crippen molar-refractivity contribution in [2.75, 3.05) is 17.3 Å². The molecule has 0 unspecified atom stereocenters. The number of aryl methyl sites for hydroxylation is 1. The molecule has 0 saturated heterocycles. The van der Waals surface area contributed by atoms with Crippen LogP contribution in [0.4, 0.5) is 16.5 Å². The summed E-state index contributed by atoms with van der Waals surface area (Å²) in [6, 6.07) is 21.1. The molecule has 0 atom stereocenters. The lowest BCUT2D eigenvalue weighted by Gasteiger charge is -2.25. The Hall–Kier alpha value is -4.27. The smallest absolute Gasteiger partial charge is 0.270 e. The van der Waals surface area contributed by atoms with Crippen LogP contribution in [0.25, 0.3) is 11.1 Å². The van der Waals surface area contributed by atoms with Gasteiger partial charge in [-0.25, -0.2) is 15.0 Å². The van der Waals surface area contributed by atoms with E-state index in [4.69, 9.17) is 16.3 Å². The molecule has 0 radical (unpaired) electrons. The van der Waals surface area contributed by atoms with Crippen LogP contribution in [0.15, 0.2) is 91.6 Å². The summed E-state index contributed by atoms with van der Waals surface area (Å²) in [5.41, 5.74) is 5.26. The monoisotopic (exact) mass is 541 g/mol. The topological polar surface area (TPSA) is 80.2 Å². The zero-order chi connectivity index (χ0) is 26.5. The van der Waals surface area contributed by atoms with Crippen LogP contribution in [-0.2, 0) is 6.54 Å². The number of methoxy groups -OCH3 is 1. The first-order valence-corrected chi connectivity index (χ1v) is 13.0. The maximum atomic E-state index is 13.9. The first-order chi connectivity index (χ1) is 18.5. The lowest BCUT2D eigenvalue weighted by Crippen LogP contribution is -2.30. The summed E-state index contributed by atoms with van der Waals surface area (Å²) in [5.74, 6) is 0.570. The predicted molar refractivity (Wildman–Crippen MR) is 153 cm³/mol. The third-order valence-electron chi connectivity index (χ3n) is 5.93. The number of rotatable bonds is 8. The fourth-order valence-electron chi connectivity index (χ4n) is 4.04. The van der Waals surface area contributed by atoms with Gasteiger partial charge in [-0.1, -0.05) is 59.3 Å². The molecular weight excluding hydrogens is 518 g/mol. The molecule has 0 fully saturated rings. The Balaban J connectivity index is 1.41. The average molecular weight is 542 g/mol. The van der Waals surface area contributed by atoms with Crippen LogP contribution in [0, 0.1) is 6.92 Å². The van der Waals surface area contributed by atoms with Gasteiger partial charge in [0.1, 0.15) is 17.0 Å². The van der Waals surface area contributed by atoms with Gasteiger partial charge in [0.25, 0.3) is 5.91 Å². The second-order valence-corrected chi connectivity index (χ2v) is 9.95. The van der Waals surface area contributed by atoms with Crippen molar-refractivity contribution in [3.63, 3.8) is 0 Å². The summed E-state index contributed by atoms with van der Waals surface area (Å²) in [7, 11) is 1.62. The van der Waals surface area contributed by atoms with Crippen molar-refractivity contribution >= 4 is 45.4 Å². The molecule has 7 nitrogen and oxygen atoms in total. The van der Waals surface area contributed by atoms with Crippen LogP contribution < -0.4 is 15.0 Å². The molecule has 9 heteroatoms. The van der Waals surface area contributed by atoms with E-state index in [0.717, 1.165) is 33.7 Å². The minimum Gasteiger partial charge on any atom is -0.497 e. The molecule has 1 N–H and O–H groups in total. The Bertz CT molecular complexity index is 1540. The van der Waals surface area contributed by atoms with E-state index < -0.39 is 0 Å². The number of nitrogens with one attached hydrogen (secondary N) is 1. The fourth-order valence-corrected chi connectivity index (χ4v) is 5.15. The van der Waals surface area contributed by atoms with Crippen LogP contribution in [0.1, 0.15) is 20.8 Å². The van der Waals surface area contributed by atoms with E-state index in [1.165, 1.54) is 17.7 Å². The lowest BCUT2D eigenvalue weighted by atomic mass is 10.1. The maximum absolute atomic E-state index is 13.9. The second-order valence-electron chi connectivity index (χ2n) is 8.51. The van der Waals surface area contributed by atoms with Crippen LogP contribution in [0.3, 0.4) is 0 Å². The molecule has 5 aromatic rings. The van der Waals surface area contributed by atoms with Crippen molar-refractivity contribution in [1.29, 1.82) is 0 Å². The summed E-state index contributed by atoms with van der Waals surface area (Å²) >= 11 is 7.89. The molecule has 0 bridgehead atoms. The third-order valence-corrected chi connectivity index (χ3v) is 7.13. The van der Waals surface area contributed by atoms with Gasteiger partial charge < -0.3 is 15.0 Å². The van der Waals surface area contributed by atoms with Gasteiger partial charge >= 0.3 is 0 Å². The number of thiazole rings is 1. The number of amides is 1. The zero-order valence-corrected chi connectivity index (χ0v) is 22.3. The first-order valence-electron chi connectivity index (χ1n) is 11.8. The highest BCUT2D eigenvalue weighted by Crippen LogP contribution is 2.34. The molecule has 0 saturated carbocycles. The van der Waals surface area contributed by atoms with Crippen molar-refractivity contribution in [2.24, 2.45) is 0 Å². The van der Waals surface area contributed by atoms with E-state index in [2.05, 4.69) is 20.3 Å². The minimum absolute atomic E-state index is 0.183. The van der Waals surface area contributed by atoms with Crippen LogP contribution in [0.5, 0.6) is 5.75 Å². The van der Waals surface area contributed by atoms with Crippen molar-refractivity contribution in [1.82, 2.24) is 15.0 Å². The Morgan fingerprint density at radius 1 is 1.00 bits per heavy atom. The molecule has 5 rings (SSSR count). The summed E-state index contributed by atoms with van der Waals surface area (Å²) in [6.07, 6.45) is 6.62. The lowest BCUT2D eigenvalue weighted by molar-refractivity contribution is 0.0988. The molecule has 0 aliphatic carbocycles. The quantitative estimate of drug-likeness (QED) is 0.224. The van der Waals surface area contributed by atoms with Gasteiger partial charge in [-0.2, -0.15) is 0 Å². The number of para-hydroxylation sites is 1. The second kappa shape index (κ2) is 11.4. The number of carbonyl (C=O) groups excluding carboxylic acids is 1. The third kappa shape index (κ3) is 5.66. The first kappa shape index (κ1) is 25.4. The molecule has 190 valence electrons. The number of ether oxygens (including phenoxy) is 1. The van der Waals surface area contributed by atoms with E-state index in [-0.39, 0.29) is 5.91 Å². The van der Waals surface area contributed by atoms with Crippen molar-refractivity contribution < 1.29 is 9.53 Å². The van der Waals surface area contributed by atoms with Gasteiger partial charge in [-0.05, 0) is 53.9 Å². The van der Waals surface area contributed by atoms with Gasteiger partial charge in [0.15, 0.2) is 5.13 Å². The van der Waals surface area contributed by atoms with Crippen molar-refractivity contribution in [3.8, 4) is 16.9 Å². The van der Waals surface area contributed by atoms with Crippen molar-refractivity contribution in [3.05, 3.63) is 113 Å². The maximum Gasteiger partial charge on any atom is 0.270 e. The molecule has 0 aliphatic heterocycles. The molecule has 3 aromatic carbocycles. The summed E-state index contributed by atoms with van der Waals surface area (Å²) in [5, 5.41) is 4.43. The summed E-state index contributed by atoms with van der Waals surface area (Å²) in [4.78, 5) is 28.7. The molecule has 2 aromatic heterocycles. The largest absolute Gasteiger partial charge is 0.497 e. The van der Waals surface area contributed by atoms with Gasteiger partial charge in [-0.3, -0.25) is 4.79 Å². The minimum atomic E-state index is -0.183. The molecule has 0 spiro atoms. The average Bonchev–Trinajstić information content (AvgIpc) is 3.41. The standard InChI is InChI=1S/C29H24ClN5O2S/c1-19-5-3-8-25(30)27(19)35(17-20-9-11-24(37-2)12-10-20)28(36)26-16-33-29(38-26)34-23-7-4-6-21(13-23)22-14-31-18-32-15-22/h3-16,18H,17H2,1-2H3,(H,33,34). The van der Waals surface area contributed by atoms with E-state index >= 15 is 0 Å². The van der Waals surface area contributed by atoms with E-state index in [1.807, 2.05) is 67.6 Å². The number of hydrogen-bond acceptors (Lipinski definition) is 7. The zero-order valence-electron chi connectivity index (χ0n) is 20.8. The highest BCUT2D eigenvalue weighted by Gasteiger charge is 2.24. The normalized spacial score (nSPS) is 10.7. The molecule has 2 heterocycles. The highest BCUT2D eigenvalue weighted by atomic mass is 35.5. The van der Waals surface area contributed by atoms with Gasteiger partial charge in [0.05, 0.1) is 30.6 Å². The summed E-state index contributed by atoms with van der Waals surface area (Å²) < 4.78 is 5.28. The van der Waals surface area contributed by atoms with E-state index in [9.17, 15) is 4.79 Å². The molecule has 1 amide bonds. The van der Waals surface area contributed by atoms with Crippen LogP contribution >= 0.6 is 22.9 Å². The molecular formula is C29H24ClN5O2S. The number of aromatic nitrogens is 3. The number of nitrogens with zero attached hydrogens (tertiary/aromatic N) is 4. The van der Waals surface area contributed by atoms with E-state index in [0.29, 0.717) is 27.3 Å². The number of halogens is 1. The molecule has 38 heavy (non-hydrogen) atoms. The van der Waals surface area contributed by atoms with Crippen molar-refractivity contribution in [2.45, 2.75) is 13.5 Å². The van der Waals surface area contributed by atoms with Gasteiger partial charge in [0, 0.05) is 23.6 Å². The van der Waals surface area contributed by atoms with Gasteiger partial charge in [0.2, 0.25) is 0 Å². The number of hydrogen-bond donors (Lipinski definition) is 1. The molecule has 0 aliphatic rings. The Morgan fingerprint density at radius 3 is 2.50 bits per heavy atom. The van der Waals surface area contributed by atoms with Gasteiger partial charge in [-0.15, -0.1) is 0 Å². The fraction of sp³-hybridized carbons (Fsp3) is 0.103. The highest BCUT2D eigenvalue weighted by molar-refractivity contribution is 7.17. The summed E-state index contributed by atoms with van der Waals surface area (Å²) in [6.45, 7) is 2.29. The van der Waals surface area contributed by atoms with E-state index in [1.54, 1.807) is 36.7 Å². The Kier molecular flexibility index (Phi) is 7.62.